The Morgan fingerprint density at radius 3 is 2.79 bits per heavy atom. The number of ether oxygens (including phenoxy) is 1. The maximum absolute atomic E-state index is 12.8. The summed E-state index contributed by atoms with van der Waals surface area (Å²) in [5.41, 5.74) is 0.242. The molecule has 0 bridgehead atoms. The minimum absolute atomic E-state index is 0.0640. The van der Waals surface area contributed by atoms with Gasteiger partial charge < -0.3 is 14.7 Å². The van der Waals surface area contributed by atoms with Crippen molar-refractivity contribution in [3.05, 3.63) is 29.8 Å². The van der Waals surface area contributed by atoms with Crippen molar-refractivity contribution in [2.75, 3.05) is 20.7 Å². The maximum Gasteiger partial charge on any atom is 0.314 e. The van der Waals surface area contributed by atoms with Crippen LogP contribution in [0.3, 0.4) is 0 Å². The van der Waals surface area contributed by atoms with Crippen molar-refractivity contribution in [1.29, 1.82) is 0 Å². The highest BCUT2D eigenvalue weighted by Crippen LogP contribution is 2.50. The molecule has 1 heterocycles. The normalized spacial score (nSPS) is 30.0. The molecule has 1 aromatic carbocycles. The van der Waals surface area contributed by atoms with Crippen LogP contribution in [-0.4, -0.2) is 48.4 Å². The number of piperidine rings is 1. The van der Waals surface area contributed by atoms with Crippen LogP contribution in [0, 0.1) is 11.8 Å². The molecule has 1 amide bonds. The number of amides is 1. The lowest BCUT2D eigenvalue weighted by molar-refractivity contribution is -0.155. The third-order valence-electron chi connectivity index (χ3n) is 5.53. The third kappa shape index (κ3) is 2.46. The maximum atomic E-state index is 12.8. The van der Waals surface area contributed by atoms with Crippen LogP contribution in [0.5, 0.6) is 5.75 Å². The van der Waals surface area contributed by atoms with Gasteiger partial charge in [-0.1, -0.05) is 12.1 Å². The summed E-state index contributed by atoms with van der Waals surface area (Å²) < 4.78 is 5.28. The first-order valence-electron chi connectivity index (χ1n) is 8.04. The first-order valence-corrected chi connectivity index (χ1v) is 8.04. The summed E-state index contributed by atoms with van der Waals surface area (Å²) in [4.78, 5) is 38.3. The molecule has 1 aliphatic heterocycles. The van der Waals surface area contributed by atoms with Crippen molar-refractivity contribution >= 4 is 17.7 Å². The number of carboxylic acids is 1. The number of hydrogen-bond donors (Lipinski definition) is 1. The molecule has 0 radical (unpaired) electrons. The summed E-state index contributed by atoms with van der Waals surface area (Å²) in [7, 11) is 3.30. The molecule has 3 rings (SSSR count). The minimum Gasteiger partial charge on any atom is -0.497 e. The van der Waals surface area contributed by atoms with Crippen molar-refractivity contribution in [2.45, 2.75) is 24.7 Å². The van der Waals surface area contributed by atoms with Crippen LogP contribution in [0.4, 0.5) is 0 Å². The number of likely N-dealkylation sites (tertiary alicyclic amines) is 1. The Morgan fingerprint density at radius 2 is 2.12 bits per heavy atom. The predicted octanol–water partition coefficient (Wildman–Crippen LogP) is 1.47. The SMILES string of the molecule is COc1cccc(C23CCN(C)C(=O)C2CC(C(=O)O)C(=O)C3)c1. The van der Waals surface area contributed by atoms with Gasteiger partial charge in [0.25, 0.3) is 0 Å². The summed E-state index contributed by atoms with van der Waals surface area (Å²) in [6.07, 6.45) is 0.793. The molecular formula is C18H21NO5. The fraction of sp³-hybridized carbons (Fsp3) is 0.500. The molecule has 6 heteroatoms. The zero-order valence-electron chi connectivity index (χ0n) is 13.8. The van der Waals surface area contributed by atoms with Gasteiger partial charge in [-0.3, -0.25) is 14.4 Å². The molecule has 1 saturated carbocycles. The Bertz CT molecular complexity index is 700. The van der Waals surface area contributed by atoms with Gasteiger partial charge in [-0.15, -0.1) is 0 Å². The number of methoxy groups -OCH3 is 1. The van der Waals surface area contributed by atoms with Gasteiger partial charge in [0.2, 0.25) is 5.91 Å². The number of benzene rings is 1. The number of aliphatic carboxylic acids is 1. The predicted molar refractivity (Wildman–Crippen MR) is 85.8 cm³/mol. The fourth-order valence-electron chi connectivity index (χ4n) is 4.11. The van der Waals surface area contributed by atoms with Crippen molar-refractivity contribution < 1.29 is 24.2 Å². The number of Topliss-reactive ketones (excluding diaryl/α,β-unsaturated/α-hetero) is 1. The molecule has 0 spiro atoms. The molecule has 24 heavy (non-hydrogen) atoms. The van der Waals surface area contributed by atoms with E-state index in [1.807, 2.05) is 24.3 Å². The van der Waals surface area contributed by atoms with Crippen LogP contribution < -0.4 is 4.74 Å². The number of carbonyl (C=O) groups excluding carboxylic acids is 2. The highest BCUT2D eigenvalue weighted by molar-refractivity contribution is 6.01. The first-order chi connectivity index (χ1) is 11.4. The number of carbonyl (C=O) groups is 3. The Hall–Kier alpha value is -2.37. The van der Waals surface area contributed by atoms with Crippen molar-refractivity contribution in [1.82, 2.24) is 4.90 Å². The van der Waals surface area contributed by atoms with Crippen LogP contribution in [0.2, 0.25) is 0 Å². The molecule has 3 unspecified atom stereocenters. The Labute approximate surface area is 140 Å². The smallest absolute Gasteiger partial charge is 0.314 e. The highest BCUT2D eigenvalue weighted by Gasteiger charge is 2.55. The zero-order chi connectivity index (χ0) is 17.5. The number of nitrogens with zero attached hydrogens (tertiary/aromatic N) is 1. The molecule has 2 aliphatic rings. The Kier molecular flexibility index (Phi) is 4.07. The molecule has 128 valence electrons. The summed E-state index contributed by atoms with van der Waals surface area (Å²) in [6, 6.07) is 7.43. The van der Waals surface area contributed by atoms with Gasteiger partial charge in [0.1, 0.15) is 17.5 Å². The van der Waals surface area contributed by atoms with Gasteiger partial charge >= 0.3 is 5.97 Å². The molecule has 1 N–H and O–H groups in total. The van der Waals surface area contributed by atoms with E-state index in [9.17, 15) is 19.5 Å². The van der Waals surface area contributed by atoms with E-state index in [0.717, 1.165) is 5.56 Å². The van der Waals surface area contributed by atoms with Gasteiger partial charge in [-0.25, -0.2) is 0 Å². The van der Waals surface area contributed by atoms with Gasteiger partial charge in [0.05, 0.1) is 7.11 Å². The van der Waals surface area contributed by atoms with E-state index < -0.39 is 23.2 Å². The number of carboxylic acid groups (broad SMARTS) is 1. The number of ketones is 1. The average Bonchev–Trinajstić information content (AvgIpc) is 2.57. The van der Waals surface area contributed by atoms with E-state index in [1.54, 1.807) is 19.1 Å². The quantitative estimate of drug-likeness (QED) is 0.848. The molecule has 1 aromatic rings. The number of hydrogen-bond acceptors (Lipinski definition) is 4. The van der Waals surface area contributed by atoms with E-state index in [2.05, 4.69) is 0 Å². The lowest BCUT2D eigenvalue weighted by Gasteiger charge is -2.50. The monoisotopic (exact) mass is 331 g/mol. The third-order valence-corrected chi connectivity index (χ3v) is 5.53. The van der Waals surface area contributed by atoms with Gasteiger partial charge in [0.15, 0.2) is 0 Å². The molecule has 3 atom stereocenters. The summed E-state index contributed by atoms with van der Waals surface area (Å²) in [5.74, 6) is -2.44. The molecule has 6 nitrogen and oxygen atoms in total. The molecular weight excluding hydrogens is 310 g/mol. The molecule has 0 aromatic heterocycles. The second-order valence-electron chi connectivity index (χ2n) is 6.72. The van der Waals surface area contributed by atoms with Crippen molar-refractivity contribution in [3.63, 3.8) is 0 Å². The molecule has 1 aliphatic carbocycles. The zero-order valence-corrected chi connectivity index (χ0v) is 13.8. The van der Waals surface area contributed by atoms with E-state index in [4.69, 9.17) is 4.74 Å². The van der Waals surface area contributed by atoms with Crippen molar-refractivity contribution in [2.24, 2.45) is 11.8 Å². The summed E-state index contributed by atoms with van der Waals surface area (Å²) in [5, 5.41) is 9.32. The van der Waals surface area contributed by atoms with Crippen LogP contribution in [0.1, 0.15) is 24.8 Å². The van der Waals surface area contributed by atoms with E-state index in [-0.39, 0.29) is 24.5 Å². The first kappa shape index (κ1) is 16.5. The Morgan fingerprint density at radius 1 is 1.38 bits per heavy atom. The minimum atomic E-state index is -1.14. The highest BCUT2D eigenvalue weighted by atomic mass is 16.5. The topological polar surface area (TPSA) is 83.9 Å². The molecule has 1 saturated heterocycles. The van der Waals surface area contributed by atoms with Gasteiger partial charge in [-0.2, -0.15) is 0 Å². The van der Waals surface area contributed by atoms with E-state index in [0.29, 0.717) is 18.7 Å². The van der Waals surface area contributed by atoms with E-state index >= 15 is 0 Å². The van der Waals surface area contributed by atoms with Crippen LogP contribution in [0.25, 0.3) is 0 Å². The lowest BCUT2D eigenvalue weighted by Crippen LogP contribution is -2.57. The number of fused-ring (bicyclic) bond motifs is 1. The van der Waals surface area contributed by atoms with Gasteiger partial charge in [0, 0.05) is 31.3 Å². The van der Waals surface area contributed by atoms with Crippen molar-refractivity contribution in [3.8, 4) is 5.75 Å². The van der Waals surface area contributed by atoms with Crippen LogP contribution >= 0.6 is 0 Å². The lowest BCUT2D eigenvalue weighted by atomic mass is 9.56. The van der Waals surface area contributed by atoms with Crippen LogP contribution in [-0.2, 0) is 19.8 Å². The molecule has 2 fully saturated rings. The summed E-state index contributed by atoms with van der Waals surface area (Å²) >= 11 is 0. The number of rotatable bonds is 3. The van der Waals surface area contributed by atoms with Gasteiger partial charge in [-0.05, 0) is 30.5 Å². The summed E-state index contributed by atoms with van der Waals surface area (Å²) in [6.45, 7) is 0.553. The van der Waals surface area contributed by atoms with E-state index in [1.165, 1.54) is 0 Å². The fourth-order valence-corrected chi connectivity index (χ4v) is 4.11. The second-order valence-corrected chi connectivity index (χ2v) is 6.72. The second kappa shape index (κ2) is 5.92. The largest absolute Gasteiger partial charge is 0.497 e. The Balaban J connectivity index is 2.09. The average molecular weight is 331 g/mol. The van der Waals surface area contributed by atoms with Crippen LogP contribution in [0.15, 0.2) is 24.3 Å². The standard InChI is InChI=1S/C18H21NO5/c1-19-7-6-18(11-4-3-5-12(8-11)24-2)10-15(20)13(17(22)23)9-14(18)16(19)21/h3-5,8,13-14H,6-7,9-10H2,1-2H3,(H,22,23).